The molecule has 1 aromatic heterocycles. The second kappa shape index (κ2) is 10.1. The third-order valence-corrected chi connectivity index (χ3v) is 4.32. The molecule has 0 spiro atoms. The van der Waals surface area contributed by atoms with Crippen LogP contribution in [0.1, 0.15) is 10.4 Å². The topological polar surface area (TPSA) is 104 Å². The average Bonchev–Trinajstić information content (AvgIpc) is 2.73. The fourth-order valence-corrected chi connectivity index (χ4v) is 2.84. The molecule has 9 heteroatoms. The lowest BCUT2D eigenvalue weighted by molar-refractivity contribution is -0.138. The maximum absolute atomic E-state index is 11.8. The number of rotatable bonds is 7. The standard InChI is InChI=1S/C19H18N2O6S/c1-25-17(22)11-15(19(24)27-3)21-13-4-6-14(7-5-13)28-16-10-12(8-9-20-16)18(23)26-2/h4-11,21H,1-3H3/b15-11+. The molecule has 0 aliphatic rings. The highest BCUT2D eigenvalue weighted by Crippen LogP contribution is 2.28. The summed E-state index contributed by atoms with van der Waals surface area (Å²) in [5.41, 5.74) is 0.928. The normalized spacial score (nSPS) is 10.8. The Hall–Kier alpha value is -3.33. The number of carbonyl (C=O) groups is 3. The largest absolute Gasteiger partial charge is 0.466 e. The van der Waals surface area contributed by atoms with E-state index in [2.05, 4.69) is 19.8 Å². The van der Waals surface area contributed by atoms with Crippen LogP contribution in [-0.2, 0) is 23.8 Å². The first-order chi connectivity index (χ1) is 13.5. The van der Waals surface area contributed by atoms with E-state index in [-0.39, 0.29) is 5.70 Å². The smallest absolute Gasteiger partial charge is 0.354 e. The summed E-state index contributed by atoms with van der Waals surface area (Å²) in [5.74, 6) is -1.82. The number of anilines is 1. The number of nitrogens with zero attached hydrogens (tertiary/aromatic N) is 1. The van der Waals surface area contributed by atoms with Crippen LogP contribution in [0.25, 0.3) is 0 Å². The molecule has 1 heterocycles. The van der Waals surface area contributed by atoms with Crippen molar-refractivity contribution in [2.24, 2.45) is 0 Å². The van der Waals surface area contributed by atoms with Crippen molar-refractivity contribution in [2.75, 3.05) is 26.6 Å². The van der Waals surface area contributed by atoms with Gasteiger partial charge in [-0.2, -0.15) is 0 Å². The molecule has 28 heavy (non-hydrogen) atoms. The lowest BCUT2D eigenvalue weighted by atomic mass is 10.3. The van der Waals surface area contributed by atoms with Gasteiger partial charge >= 0.3 is 17.9 Å². The maximum atomic E-state index is 11.8. The Labute approximate surface area is 165 Å². The van der Waals surface area contributed by atoms with Gasteiger partial charge in [-0.15, -0.1) is 0 Å². The SMILES string of the molecule is COC(=O)/C=C(/Nc1ccc(Sc2cc(C(=O)OC)ccn2)cc1)C(=O)OC. The monoisotopic (exact) mass is 402 g/mol. The molecule has 0 radical (unpaired) electrons. The molecule has 0 bridgehead atoms. The van der Waals surface area contributed by atoms with E-state index in [0.717, 1.165) is 11.0 Å². The van der Waals surface area contributed by atoms with Gasteiger partial charge in [-0.1, -0.05) is 11.8 Å². The van der Waals surface area contributed by atoms with Crippen molar-refractivity contribution in [1.82, 2.24) is 4.98 Å². The van der Waals surface area contributed by atoms with Gasteiger partial charge in [-0.05, 0) is 36.4 Å². The van der Waals surface area contributed by atoms with Crippen LogP contribution in [0.5, 0.6) is 0 Å². The number of ether oxygens (including phenoxy) is 3. The van der Waals surface area contributed by atoms with E-state index in [1.807, 2.05) is 0 Å². The van der Waals surface area contributed by atoms with Crippen LogP contribution in [0.2, 0.25) is 0 Å². The third-order valence-electron chi connectivity index (χ3n) is 3.38. The predicted molar refractivity (Wildman–Crippen MR) is 102 cm³/mol. The molecular formula is C19H18N2O6S. The van der Waals surface area contributed by atoms with Gasteiger partial charge < -0.3 is 19.5 Å². The number of hydrogen-bond donors (Lipinski definition) is 1. The van der Waals surface area contributed by atoms with E-state index in [0.29, 0.717) is 16.3 Å². The minimum Gasteiger partial charge on any atom is -0.466 e. The van der Waals surface area contributed by atoms with Crippen molar-refractivity contribution in [2.45, 2.75) is 9.92 Å². The lowest BCUT2D eigenvalue weighted by Gasteiger charge is -2.10. The van der Waals surface area contributed by atoms with Crippen LogP contribution in [-0.4, -0.2) is 44.2 Å². The number of carbonyl (C=O) groups excluding carboxylic acids is 3. The van der Waals surface area contributed by atoms with Crippen molar-refractivity contribution in [3.8, 4) is 0 Å². The Morgan fingerprint density at radius 1 is 1.00 bits per heavy atom. The summed E-state index contributed by atoms with van der Waals surface area (Å²) in [4.78, 5) is 39.8. The molecule has 8 nitrogen and oxygen atoms in total. The number of benzene rings is 1. The highest BCUT2D eigenvalue weighted by molar-refractivity contribution is 7.99. The van der Waals surface area contributed by atoms with E-state index in [4.69, 9.17) is 4.74 Å². The zero-order chi connectivity index (χ0) is 20.5. The second-order valence-corrected chi connectivity index (χ2v) is 6.29. The van der Waals surface area contributed by atoms with Gasteiger partial charge in [-0.3, -0.25) is 0 Å². The Bertz CT molecular complexity index is 896. The summed E-state index contributed by atoms with van der Waals surface area (Å²) in [5, 5.41) is 3.45. The van der Waals surface area contributed by atoms with E-state index in [9.17, 15) is 14.4 Å². The Kier molecular flexibility index (Phi) is 7.58. The molecule has 1 N–H and O–H groups in total. The Balaban J connectivity index is 2.12. The minimum absolute atomic E-state index is 0.0535. The summed E-state index contributed by atoms with van der Waals surface area (Å²) in [7, 11) is 3.74. The maximum Gasteiger partial charge on any atom is 0.354 e. The third kappa shape index (κ3) is 5.85. The molecule has 0 saturated heterocycles. The molecule has 1 aromatic carbocycles. The van der Waals surface area contributed by atoms with Gasteiger partial charge in [-0.25, -0.2) is 19.4 Å². The first-order valence-corrected chi connectivity index (χ1v) is 8.75. The summed E-state index contributed by atoms with van der Waals surface area (Å²) < 4.78 is 13.9. The van der Waals surface area contributed by atoms with Crippen LogP contribution < -0.4 is 5.32 Å². The van der Waals surface area contributed by atoms with E-state index < -0.39 is 17.9 Å². The van der Waals surface area contributed by atoms with Crippen molar-refractivity contribution in [3.63, 3.8) is 0 Å². The second-order valence-electron chi connectivity index (χ2n) is 5.20. The van der Waals surface area contributed by atoms with Crippen LogP contribution >= 0.6 is 11.8 Å². The number of nitrogens with one attached hydrogen (secondary N) is 1. The molecular weight excluding hydrogens is 384 g/mol. The highest BCUT2D eigenvalue weighted by atomic mass is 32.2. The van der Waals surface area contributed by atoms with Crippen molar-refractivity contribution in [3.05, 3.63) is 59.9 Å². The van der Waals surface area contributed by atoms with Gasteiger partial charge in [0.2, 0.25) is 0 Å². The molecule has 2 aromatic rings. The van der Waals surface area contributed by atoms with Gasteiger partial charge in [0.15, 0.2) is 0 Å². The fraction of sp³-hybridized carbons (Fsp3) is 0.158. The molecule has 2 rings (SSSR count). The molecule has 0 aliphatic carbocycles. The van der Waals surface area contributed by atoms with Crippen LogP contribution in [0.15, 0.2) is 64.3 Å². The lowest BCUT2D eigenvalue weighted by Crippen LogP contribution is -2.15. The summed E-state index contributed by atoms with van der Waals surface area (Å²) in [6.45, 7) is 0. The number of aromatic nitrogens is 1. The van der Waals surface area contributed by atoms with Crippen LogP contribution in [0.4, 0.5) is 5.69 Å². The molecule has 146 valence electrons. The predicted octanol–water partition coefficient (Wildman–Crippen LogP) is 2.66. The molecule has 0 amide bonds. The summed E-state index contributed by atoms with van der Waals surface area (Å²) in [6, 6.07) is 10.3. The number of methoxy groups -OCH3 is 3. The quantitative estimate of drug-likeness (QED) is 0.425. The zero-order valence-electron chi connectivity index (χ0n) is 15.4. The van der Waals surface area contributed by atoms with Gasteiger partial charge in [0.1, 0.15) is 10.7 Å². The van der Waals surface area contributed by atoms with Crippen molar-refractivity contribution < 1.29 is 28.6 Å². The highest BCUT2D eigenvalue weighted by Gasteiger charge is 2.13. The number of hydrogen-bond acceptors (Lipinski definition) is 9. The van der Waals surface area contributed by atoms with Gasteiger partial charge in [0, 0.05) is 16.8 Å². The zero-order valence-corrected chi connectivity index (χ0v) is 16.2. The van der Waals surface area contributed by atoms with Crippen LogP contribution in [0, 0.1) is 0 Å². The molecule has 0 unspecified atom stereocenters. The summed E-state index contributed by atoms with van der Waals surface area (Å²) >= 11 is 1.36. The fourth-order valence-electron chi connectivity index (χ4n) is 2.03. The average molecular weight is 402 g/mol. The van der Waals surface area contributed by atoms with Crippen molar-refractivity contribution >= 4 is 35.4 Å². The van der Waals surface area contributed by atoms with E-state index >= 15 is 0 Å². The van der Waals surface area contributed by atoms with E-state index in [1.165, 1.54) is 39.3 Å². The number of esters is 3. The Morgan fingerprint density at radius 3 is 2.32 bits per heavy atom. The molecule has 0 atom stereocenters. The Morgan fingerprint density at radius 2 is 1.71 bits per heavy atom. The van der Waals surface area contributed by atoms with Gasteiger partial charge in [0.25, 0.3) is 0 Å². The van der Waals surface area contributed by atoms with Crippen LogP contribution in [0.3, 0.4) is 0 Å². The van der Waals surface area contributed by atoms with Gasteiger partial charge in [0.05, 0.1) is 33.0 Å². The van der Waals surface area contributed by atoms with E-state index in [1.54, 1.807) is 36.4 Å². The number of pyridine rings is 1. The summed E-state index contributed by atoms with van der Waals surface area (Å²) in [6.07, 6.45) is 2.54. The molecule has 0 fully saturated rings. The minimum atomic E-state index is -0.701. The van der Waals surface area contributed by atoms with Crippen molar-refractivity contribution in [1.29, 1.82) is 0 Å². The first-order valence-electron chi connectivity index (χ1n) is 7.94. The molecule has 0 aliphatic heterocycles. The molecule has 0 saturated carbocycles. The first kappa shape index (κ1) is 21.0.